The first-order valence-electron chi connectivity index (χ1n) is 7.10. The third-order valence-corrected chi connectivity index (χ3v) is 3.53. The van der Waals surface area contributed by atoms with Gasteiger partial charge in [-0.25, -0.2) is 0 Å². The molecule has 0 amide bonds. The fraction of sp³-hybridized carbons (Fsp3) is 0.278. The fourth-order valence-electron chi connectivity index (χ4n) is 2.38. The van der Waals surface area contributed by atoms with Crippen molar-refractivity contribution < 1.29 is 4.74 Å². The number of methoxy groups -OCH3 is 1. The van der Waals surface area contributed by atoms with Crippen LogP contribution in [0.5, 0.6) is 5.75 Å². The molecular formula is C18H20N2O. The fourth-order valence-corrected chi connectivity index (χ4v) is 2.38. The predicted molar refractivity (Wildman–Crippen MR) is 83.9 cm³/mol. The monoisotopic (exact) mass is 280 g/mol. The van der Waals surface area contributed by atoms with Gasteiger partial charge in [0.15, 0.2) is 0 Å². The van der Waals surface area contributed by atoms with E-state index < -0.39 is 0 Å². The van der Waals surface area contributed by atoms with Gasteiger partial charge in [0, 0.05) is 6.54 Å². The Morgan fingerprint density at radius 1 is 1.14 bits per heavy atom. The lowest BCUT2D eigenvalue weighted by atomic mass is 10.0. The number of hydrogen-bond donors (Lipinski definition) is 0. The van der Waals surface area contributed by atoms with Crippen molar-refractivity contribution in [2.75, 3.05) is 13.7 Å². The van der Waals surface area contributed by atoms with E-state index in [0.29, 0.717) is 0 Å². The summed E-state index contributed by atoms with van der Waals surface area (Å²) in [7, 11) is 1.64. The molecule has 1 unspecified atom stereocenters. The molecule has 0 aliphatic heterocycles. The van der Waals surface area contributed by atoms with Crippen LogP contribution < -0.4 is 4.74 Å². The lowest BCUT2D eigenvalue weighted by Crippen LogP contribution is -2.27. The second-order valence-electron chi connectivity index (χ2n) is 4.86. The van der Waals surface area contributed by atoms with Crippen LogP contribution in [0.2, 0.25) is 0 Å². The summed E-state index contributed by atoms with van der Waals surface area (Å²) < 4.78 is 5.25. The quantitative estimate of drug-likeness (QED) is 0.808. The minimum Gasteiger partial charge on any atom is -0.497 e. The first-order chi connectivity index (χ1) is 10.3. The zero-order chi connectivity index (χ0) is 15.1. The summed E-state index contributed by atoms with van der Waals surface area (Å²) in [6, 6.07) is 20.1. The minimum atomic E-state index is -0.273. The summed E-state index contributed by atoms with van der Waals surface area (Å²) in [6.07, 6.45) is 0. The molecule has 0 bridgehead atoms. The Morgan fingerprint density at radius 2 is 1.90 bits per heavy atom. The summed E-state index contributed by atoms with van der Waals surface area (Å²) in [5, 5.41) is 9.59. The summed E-state index contributed by atoms with van der Waals surface area (Å²) >= 11 is 0. The van der Waals surface area contributed by atoms with E-state index in [0.717, 1.165) is 24.4 Å². The van der Waals surface area contributed by atoms with E-state index in [1.54, 1.807) is 7.11 Å². The van der Waals surface area contributed by atoms with Gasteiger partial charge in [-0.05, 0) is 29.8 Å². The van der Waals surface area contributed by atoms with Crippen molar-refractivity contribution in [3.8, 4) is 11.8 Å². The molecule has 0 saturated carbocycles. The Hall–Kier alpha value is -2.31. The molecular weight excluding hydrogens is 260 g/mol. The Morgan fingerprint density at radius 3 is 2.52 bits per heavy atom. The molecule has 2 aromatic rings. The lowest BCUT2D eigenvalue weighted by Gasteiger charge is -2.26. The standard InChI is InChI=1S/C18H20N2O/c1-3-20(14-15-8-5-4-6-9-15)18(13-19)16-10-7-11-17(12-16)21-2/h4-12,18H,3,14H2,1-2H3. The van der Waals surface area contributed by atoms with E-state index in [2.05, 4.69) is 30.0 Å². The highest BCUT2D eigenvalue weighted by atomic mass is 16.5. The smallest absolute Gasteiger partial charge is 0.124 e. The van der Waals surface area contributed by atoms with Crippen molar-refractivity contribution in [1.82, 2.24) is 4.90 Å². The second kappa shape index (κ2) is 7.47. The molecule has 2 aromatic carbocycles. The maximum absolute atomic E-state index is 9.59. The zero-order valence-electron chi connectivity index (χ0n) is 12.5. The Balaban J connectivity index is 2.23. The van der Waals surface area contributed by atoms with Gasteiger partial charge in [0.25, 0.3) is 0 Å². The molecule has 3 heteroatoms. The van der Waals surface area contributed by atoms with E-state index in [-0.39, 0.29) is 6.04 Å². The van der Waals surface area contributed by atoms with Crippen LogP contribution in [0.3, 0.4) is 0 Å². The highest BCUT2D eigenvalue weighted by Gasteiger charge is 2.19. The minimum absolute atomic E-state index is 0.273. The highest BCUT2D eigenvalue weighted by molar-refractivity contribution is 5.33. The van der Waals surface area contributed by atoms with E-state index in [9.17, 15) is 5.26 Å². The Bertz CT molecular complexity index is 604. The largest absolute Gasteiger partial charge is 0.497 e. The number of nitriles is 1. The van der Waals surface area contributed by atoms with Crippen molar-refractivity contribution in [2.24, 2.45) is 0 Å². The van der Waals surface area contributed by atoms with Gasteiger partial charge < -0.3 is 4.74 Å². The van der Waals surface area contributed by atoms with E-state index in [1.807, 2.05) is 42.5 Å². The molecule has 2 rings (SSSR count). The van der Waals surface area contributed by atoms with Gasteiger partial charge >= 0.3 is 0 Å². The topological polar surface area (TPSA) is 36.3 Å². The average molecular weight is 280 g/mol. The molecule has 108 valence electrons. The summed E-state index contributed by atoms with van der Waals surface area (Å²) in [5.41, 5.74) is 2.18. The van der Waals surface area contributed by atoms with Crippen LogP contribution in [0.4, 0.5) is 0 Å². The van der Waals surface area contributed by atoms with Crippen molar-refractivity contribution in [3.63, 3.8) is 0 Å². The number of hydrogen-bond acceptors (Lipinski definition) is 3. The first-order valence-corrected chi connectivity index (χ1v) is 7.10. The van der Waals surface area contributed by atoms with Crippen LogP contribution in [0.15, 0.2) is 54.6 Å². The molecule has 3 nitrogen and oxygen atoms in total. The molecule has 21 heavy (non-hydrogen) atoms. The predicted octanol–water partition coefficient (Wildman–Crippen LogP) is 3.78. The van der Waals surface area contributed by atoms with Gasteiger partial charge in [-0.1, -0.05) is 49.4 Å². The summed E-state index contributed by atoms with van der Waals surface area (Å²) in [5.74, 6) is 0.781. The molecule has 0 aliphatic rings. The van der Waals surface area contributed by atoms with Gasteiger partial charge in [-0.3, -0.25) is 4.90 Å². The zero-order valence-corrected chi connectivity index (χ0v) is 12.5. The maximum atomic E-state index is 9.59. The van der Waals surface area contributed by atoms with Crippen LogP contribution in [0, 0.1) is 11.3 Å². The summed E-state index contributed by atoms with van der Waals surface area (Å²) in [4.78, 5) is 2.16. The number of nitrogens with zero attached hydrogens (tertiary/aromatic N) is 2. The molecule has 0 heterocycles. The third-order valence-electron chi connectivity index (χ3n) is 3.53. The molecule has 0 spiro atoms. The molecule has 1 atom stereocenters. The van der Waals surface area contributed by atoms with Crippen molar-refractivity contribution in [2.45, 2.75) is 19.5 Å². The SMILES string of the molecule is CCN(Cc1ccccc1)C(C#N)c1cccc(OC)c1. The van der Waals surface area contributed by atoms with E-state index in [4.69, 9.17) is 4.74 Å². The van der Waals surface area contributed by atoms with Crippen LogP contribution in [-0.2, 0) is 6.54 Å². The second-order valence-corrected chi connectivity index (χ2v) is 4.86. The van der Waals surface area contributed by atoms with Crippen molar-refractivity contribution >= 4 is 0 Å². The maximum Gasteiger partial charge on any atom is 0.124 e. The highest BCUT2D eigenvalue weighted by Crippen LogP contribution is 2.25. The first kappa shape index (κ1) is 15.1. The molecule has 0 radical (unpaired) electrons. The third kappa shape index (κ3) is 3.84. The molecule has 0 fully saturated rings. The number of benzene rings is 2. The summed E-state index contributed by atoms with van der Waals surface area (Å²) in [6.45, 7) is 3.64. The van der Waals surface area contributed by atoms with E-state index in [1.165, 1.54) is 5.56 Å². The normalized spacial score (nSPS) is 11.9. The average Bonchev–Trinajstić information content (AvgIpc) is 2.55. The van der Waals surface area contributed by atoms with Crippen LogP contribution >= 0.6 is 0 Å². The lowest BCUT2D eigenvalue weighted by molar-refractivity contribution is 0.239. The van der Waals surface area contributed by atoms with Gasteiger partial charge in [-0.2, -0.15) is 5.26 Å². The molecule has 0 saturated heterocycles. The van der Waals surface area contributed by atoms with Crippen molar-refractivity contribution in [3.05, 3.63) is 65.7 Å². The Kier molecular flexibility index (Phi) is 5.36. The van der Waals surface area contributed by atoms with Gasteiger partial charge in [0.1, 0.15) is 11.8 Å². The van der Waals surface area contributed by atoms with Crippen molar-refractivity contribution in [1.29, 1.82) is 5.26 Å². The molecule has 0 aromatic heterocycles. The van der Waals surface area contributed by atoms with Crippen LogP contribution in [0.1, 0.15) is 24.1 Å². The number of rotatable bonds is 6. The molecule has 0 aliphatic carbocycles. The van der Waals surface area contributed by atoms with E-state index >= 15 is 0 Å². The van der Waals surface area contributed by atoms with Gasteiger partial charge in [-0.15, -0.1) is 0 Å². The van der Waals surface area contributed by atoms with Gasteiger partial charge in [0.2, 0.25) is 0 Å². The number of ether oxygens (including phenoxy) is 1. The Labute approximate surface area is 126 Å². The van der Waals surface area contributed by atoms with Gasteiger partial charge in [0.05, 0.1) is 13.2 Å². The molecule has 0 N–H and O–H groups in total. The van der Waals surface area contributed by atoms with Crippen LogP contribution in [0.25, 0.3) is 0 Å². The van der Waals surface area contributed by atoms with Crippen LogP contribution in [-0.4, -0.2) is 18.6 Å².